The Hall–Kier alpha value is -0.390. The second-order valence-electron chi connectivity index (χ2n) is 5.50. The molecule has 1 aromatic heterocycles. The van der Waals surface area contributed by atoms with E-state index >= 15 is 0 Å². The summed E-state index contributed by atoms with van der Waals surface area (Å²) in [4.78, 5) is 13.2. The van der Waals surface area contributed by atoms with Crippen LogP contribution in [0.2, 0.25) is 5.28 Å². The van der Waals surface area contributed by atoms with Crippen LogP contribution in [-0.2, 0) is 0 Å². The minimum Gasteiger partial charge on any atom is -0.355 e. The molecule has 0 saturated carbocycles. The minimum atomic E-state index is 0.320. The number of hydrogen-bond acceptors (Lipinski definition) is 4. The van der Waals surface area contributed by atoms with E-state index in [4.69, 9.17) is 11.6 Å². The lowest BCUT2D eigenvalue weighted by molar-refractivity contribution is 0.102. The molecule has 0 bridgehead atoms. The first-order valence-corrected chi connectivity index (χ1v) is 7.95. The second-order valence-corrected chi connectivity index (χ2v) is 6.69. The van der Waals surface area contributed by atoms with Gasteiger partial charge in [0.05, 0.1) is 4.47 Å². The van der Waals surface area contributed by atoms with Crippen LogP contribution < -0.4 is 4.90 Å². The van der Waals surface area contributed by atoms with Gasteiger partial charge in [-0.25, -0.2) is 4.98 Å². The molecule has 2 atom stereocenters. The zero-order valence-corrected chi connectivity index (χ0v) is 13.4. The average Bonchev–Trinajstić information content (AvgIpc) is 2.41. The fraction of sp³-hybridized carbons (Fsp3) is 0.692. The predicted octanol–water partition coefficient (Wildman–Crippen LogP) is 2.81. The highest BCUT2D eigenvalue weighted by molar-refractivity contribution is 9.10. The van der Waals surface area contributed by atoms with Crippen LogP contribution in [0.1, 0.15) is 19.3 Å². The molecule has 19 heavy (non-hydrogen) atoms. The Labute approximate surface area is 127 Å². The van der Waals surface area contributed by atoms with Crippen molar-refractivity contribution in [3.8, 4) is 0 Å². The van der Waals surface area contributed by atoms with E-state index in [2.05, 4.69) is 42.7 Å². The number of piperidine rings is 2. The van der Waals surface area contributed by atoms with Crippen molar-refractivity contribution in [1.82, 2.24) is 14.9 Å². The van der Waals surface area contributed by atoms with Crippen molar-refractivity contribution < 1.29 is 0 Å². The zero-order chi connectivity index (χ0) is 13.4. The van der Waals surface area contributed by atoms with E-state index < -0.39 is 0 Å². The Balaban J connectivity index is 1.79. The fourth-order valence-corrected chi connectivity index (χ4v) is 3.97. The average molecular weight is 346 g/mol. The summed E-state index contributed by atoms with van der Waals surface area (Å²) in [6.07, 6.45) is 5.57. The molecule has 2 saturated heterocycles. The molecule has 0 aromatic carbocycles. The smallest absolute Gasteiger partial charge is 0.224 e. The largest absolute Gasteiger partial charge is 0.355 e. The van der Waals surface area contributed by atoms with Crippen molar-refractivity contribution in [3.63, 3.8) is 0 Å². The van der Waals surface area contributed by atoms with Gasteiger partial charge in [-0.3, -0.25) is 0 Å². The van der Waals surface area contributed by atoms with Gasteiger partial charge >= 0.3 is 0 Å². The molecule has 2 fully saturated rings. The summed E-state index contributed by atoms with van der Waals surface area (Å²) in [5, 5.41) is 0.320. The third kappa shape index (κ3) is 2.73. The first-order chi connectivity index (χ1) is 9.15. The molecule has 0 spiro atoms. The number of hydrogen-bond donors (Lipinski definition) is 0. The van der Waals surface area contributed by atoms with Crippen LogP contribution >= 0.6 is 27.5 Å². The van der Waals surface area contributed by atoms with Crippen LogP contribution in [0.3, 0.4) is 0 Å². The molecule has 2 aliphatic rings. The maximum Gasteiger partial charge on any atom is 0.224 e. The summed E-state index contributed by atoms with van der Waals surface area (Å²) < 4.78 is 0.930. The molecule has 3 heterocycles. The SMILES string of the molecule is CN1CCCC2CN(c3nc(Cl)ncc3Br)CCC21. The van der Waals surface area contributed by atoms with Gasteiger partial charge in [0.15, 0.2) is 0 Å². The normalized spacial score (nSPS) is 28.3. The van der Waals surface area contributed by atoms with Gasteiger partial charge < -0.3 is 9.80 Å². The topological polar surface area (TPSA) is 32.3 Å². The van der Waals surface area contributed by atoms with E-state index in [9.17, 15) is 0 Å². The molecule has 3 rings (SSSR count). The molecule has 0 aliphatic carbocycles. The summed E-state index contributed by atoms with van der Waals surface area (Å²) in [5.74, 6) is 1.68. The molecular formula is C13H18BrClN4. The quantitative estimate of drug-likeness (QED) is 0.733. The first kappa shape index (κ1) is 13.6. The maximum absolute atomic E-state index is 5.92. The Bertz CT molecular complexity index is 470. The zero-order valence-electron chi connectivity index (χ0n) is 11.0. The van der Waals surface area contributed by atoms with Crippen LogP contribution in [0.4, 0.5) is 5.82 Å². The third-order valence-electron chi connectivity index (χ3n) is 4.34. The lowest BCUT2D eigenvalue weighted by Crippen LogP contribution is -2.53. The lowest BCUT2D eigenvalue weighted by atomic mass is 9.84. The van der Waals surface area contributed by atoms with E-state index in [-0.39, 0.29) is 0 Å². The Morgan fingerprint density at radius 3 is 3.05 bits per heavy atom. The van der Waals surface area contributed by atoms with Crippen molar-refractivity contribution in [2.75, 3.05) is 31.6 Å². The number of nitrogens with zero attached hydrogens (tertiary/aromatic N) is 4. The molecule has 0 radical (unpaired) electrons. The van der Waals surface area contributed by atoms with Gasteiger partial charge in [0.1, 0.15) is 5.82 Å². The summed E-state index contributed by atoms with van der Waals surface area (Å²) in [6.45, 7) is 3.35. The summed E-state index contributed by atoms with van der Waals surface area (Å²) in [5.41, 5.74) is 0. The molecule has 6 heteroatoms. The maximum atomic E-state index is 5.92. The summed E-state index contributed by atoms with van der Waals surface area (Å²) in [6, 6.07) is 0.737. The van der Waals surface area contributed by atoms with Crippen molar-refractivity contribution in [2.24, 2.45) is 5.92 Å². The molecular weight excluding hydrogens is 328 g/mol. The summed E-state index contributed by atoms with van der Waals surface area (Å²) >= 11 is 9.45. The number of rotatable bonds is 1. The van der Waals surface area contributed by atoms with Gasteiger partial charge in [0, 0.05) is 25.3 Å². The van der Waals surface area contributed by atoms with Gasteiger partial charge in [-0.05, 0) is 66.3 Å². The van der Waals surface area contributed by atoms with Crippen LogP contribution in [0, 0.1) is 5.92 Å². The molecule has 2 unspecified atom stereocenters. The second kappa shape index (κ2) is 5.54. The number of anilines is 1. The lowest BCUT2D eigenvalue weighted by Gasteiger charge is -2.46. The standard InChI is InChI=1S/C13H18BrClN4/c1-18-5-2-3-9-8-19(6-4-11(9)18)12-10(14)7-16-13(15)17-12/h7,9,11H,2-6,8H2,1H3. The molecule has 104 valence electrons. The van der Waals surface area contributed by atoms with E-state index in [0.717, 1.165) is 35.3 Å². The van der Waals surface area contributed by atoms with Crippen molar-refractivity contribution in [2.45, 2.75) is 25.3 Å². The number of aromatic nitrogens is 2. The van der Waals surface area contributed by atoms with E-state index in [1.54, 1.807) is 6.20 Å². The molecule has 4 nitrogen and oxygen atoms in total. The van der Waals surface area contributed by atoms with Gasteiger partial charge in [-0.1, -0.05) is 0 Å². The first-order valence-electron chi connectivity index (χ1n) is 6.78. The van der Waals surface area contributed by atoms with Gasteiger partial charge in [0.2, 0.25) is 5.28 Å². The Morgan fingerprint density at radius 1 is 1.37 bits per heavy atom. The highest BCUT2D eigenvalue weighted by Crippen LogP contribution is 2.33. The molecule has 0 amide bonds. The van der Waals surface area contributed by atoms with Crippen molar-refractivity contribution >= 4 is 33.3 Å². The molecule has 0 N–H and O–H groups in total. The van der Waals surface area contributed by atoms with Crippen LogP contribution in [0.5, 0.6) is 0 Å². The van der Waals surface area contributed by atoms with Gasteiger partial charge in [-0.15, -0.1) is 0 Å². The monoisotopic (exact) mass is 344 g/mol. The van der Waals surface area contributed by atoms with Crippen molar-refractivity contribution in [3.05, 3.63) is 16.0 Å². The Kier molecular flexibility index (Phi) is 3.96. The molecule has 2 aliphatic heterocycles. The van der Waals surface area contributed by atoms with Gasteiger partial charge in [-0.2, -0.15) is 4.98 Å². The minimum absolute atomic E-state index is 0.320. The number of fused-ring (bicyclic) bond motifs is 1. The van der Waals surface area contributed by atoms with Crippen LogP contribution in [0.15, 0.2) is 10.7 Å². The third-order valence-corrected chi connectivity index (χ3v) is 5.08. The number of halogens is 2. The van der Waals surface area contributed by atoms with Gasteiger partial charge in [0.25, 0.3) is 0 Å². The van der Waals surface area contributed by atoms with E-state index in [1.807, 2.05) is 0 Å². The van der Waals surface area contributed by atoms with Crippen LogP contribution in [0.25, 0.3) is 0 Å². The predicted molar refractivity (Wildman–Crippen MR) is 80.7 cm³/mol. The fourth-order valence-electron chi connectivity index (χ4n) is 3.40. The highest BCUT2D eigenvalue weighted by atomic mass is 79.9. The van der Waals surface area contributed by atoms with Crippen molar-refractivity contribution in [1.29, 1.82) is 0 Å². The Morgan fingerprint density at radius 2 is 2.21 bits per heavy atom. The summed E-state index contributed by atoms with van der Waals surface area (Å²) in [7, 11) is 2.25. The van der Waals surface area contributed by atoms with Crippen LogP contribution in [-0.4, -0.2) is 47.6 Å². The number of likely N-dealkylation sites (tertiary alicyclic amines) is 1. The molecule has 1 aromatic rings. The highest BCUT2D eigenvalue weighted by Gasteiger charge is 2.35. The van der Waals surface area contributed by atoms with E-state index in [0.29, 0.717) is 5.28 Å². The van der Waals surface area contributed by atoms with E-state index in [1.165, 1.54) is 25.8 Å².